The van der Waals surface area contributed by atoms with E-state index in [-0.39, 0.29) is 6.04 Å². The molecule has 3 heteroatoms. The number of hydrogen-bond donors (Lipinski definition) is 1. The van der Waals surface area contributed by atoms with Gasteiger partial charge in [0.1, 0.15) is 5.76 Å². The molecule has 1 atom stereocenters. The van der Waals surface area contributed by atoms with Gasteiger partial charge in [-0.2, -0.15) is 0 Å². The molecule has 96 valence electrons. The topological polar surface area (TPSA) is 42.4 Å². The van der Waals surface area contributed by atoms with Crippen LogP contribution in [0.4, 0.5) is 5.69 Å². The van der Waals surface area contributed by atoms with Gasteiger partial charge in [0.05, 0.1) is 12.3 Å². The predicted octanol–water partition coefficient (Wildman–Crippen LogP) is 3.03. The van der Waals surface area contributed by atoms with Crippen molar-refractivity contribution in [3.63, 3.8) is 0 Å². The molecule has 0 bridgehead atoms. The van der Waals surface area contributed by atoms with E-state index in [4.69, 9.17) is 10.2 Å². The van der Waals surface area contributed by atoms with Crippen molar-refractivity contribution in [1.82, 2.24) is 0 Å². The maximum atomic E-state index is 5.88. The van der Waals surface area contributed by atoms with E-state index in [1.165, 1.54) is 16.8 Å². The number of rotatable bonds is 4. The van der Waals surface area contributed by atoms with Crippen LogP contribution in [0.3, 0.4) is 0 Å². The molecule has 2 aromatic rings. The summed E-state index contributed by atoms with van der Waals surface area (Å²) in [7, 11) is 2.05. The fraction of sp³-hybridized carbons (Fsp3) is 0.333. The molecule has 0 radical (unpaired) electrons. The van der Waals surface area contributed by atoms with Crippen molar-refractivity contribution in [2.45, 2.75) is 19.9 Å². The highest BCUT2D eigenvalue weighted by atomic mass is 16.3. The number of furan rings is 1. The van der Waals surface area contributed by atoms with Gasteiger partial charge in [0.2, 0.25) is 0 Å². The molecule has 1 aromatic heterocycles. The quantitative estimate of drug-likeness (QED) is 0.899. The van der Waals surface area contributed by atoms with Crippen LogP contribution in [0.5, 0.6) is 0 Å². The van der Waals surface area contributed by atoms with E-state index in [0.29, 0.717) is 6.54 Å². The largest absolute Gasteiger partial charge is 0.467 e. The molecule has 0 fully saturated rings. The molecule has 18 heavy (non-hydrogen) atoms. The summed E-state index contributed by atoms with van der Waals surface area (Å²) in [5.41, 5.74) is 9.56. The van der Waals surface area contributed by atoms with Crippen LogP contribution in [0.1, 0.15) is 22.9 Å². The summed E-state index contributed by atoms with van der Waals surface area (Å²) in [4.78, 5) is 2.17. The van der Waals surface area contributed by atoms with Crippen molar-refractivity contribution < 1.29 is 4.42 Å². The molecule has 3 nitrogen and oxygen atoms in total. The second-order valence-corrected chi connectivity index (χ2v) is 4.72. The zero-order valence-electron chi connectivity index (χ0n) is 11.2. The maximum absolute atomic E-state index is 5.88. The summed E-state index contributed by atoms with van der Waals surface area (Å²) < 4.78 is 5.47. The van der Waals surface area contributed by atoms with Crippen LogP contribution < -0.4 is 10.6 Å². The third-order valence-electron chi connectivity index (χ3n) is 3.18. The first-order valence-corrected chi connectivity index (χ1v) is 6.16. The fourth-order valence-electron chi connectivity index (χ4n) is 2.28. The monoisotopic (exact) mass is 244 g/mol. The molecule has 1 unspecified atom stereocenters. The van der Waals surface area contributed by atoms with E-state index in [1.54, 1.807) is 6.26 Å². The van der Waals surface area contributed by atoms with Crippen LogP contribution in [-0.4, -0.2) is 13.6 Å². The minimum absolute atomic E-state index is 0.0706. The van der Waals surface area contributed by atoms with Crippen molar-refractivity contribution in [1.29, 1.82) is 0 Å². The molecule has 1 heterocycles. The van der Waals surface area contributed by atoms with Gasteiger partial charge in [-0.1, -0.05) is 6.07 Å². The smallest absolute Gasteiger partial charge is 0.127 e. The van der Waals surface area contributed by atoms with Gasteiger partial charge in [0.25, 0.3) is 0 Å². The first-order valence-electron chi connectivity index (χ1n) is 6.16. The second-order valence-electron chi connectivity index (χ2n) is 4.72. The van der Waals surface area contributed by atoms with Crippen LogP contribution in [0, 0.1) is 13.8 Å². The third-order valence-corrected chi connectivity index (χ3v) is 3.18. The minimum atomic E-state index is 0.0706. The lowest BCUT2D eigenvalue weighted by Crippen LogP contribution is -2.30. The summed E-state index contributed by atoms with van der Waals surface area (Å²) in [5.74, 6) is 0.902. The van der Waals surface area contributed by atoms with E-state index in [2.05, 4.69) is 36.9 Å². The Bertz CT molecular complexity index is 485. The van der Waals surface area contributed by atoms with Crippen LogP contribution in [0.2, 0.25) is 0 Å². The molecule has 0 amide bonds. The molecule has 0 spiro atoms. The molecule has 0 aliphatic heterocycles. The molecule has 2 rings (SSSR count). The number of anilines is 1. The minimum Gasteiger partial charge on any atom is -0.467 e. The zero-order chi connectivity index (χ0) is 13.1. The normalized spacial score (nSPS) is 12.4. The van der Waals surface area contributed by atoms with Gasteiger partial charge in [-0.3, -0.25) is 0 Å². The van der Waals surface area contributed by atoms with Crippen molar-refractivity contribution in [3.8, 4) is 0 Å². The highest BCUT2D eigenvalue weighted by Gasteiger charge is 2.18. The van der Waals surface area contributed by atoms with Gasteiger partial charge in [0, 0.05) is 19.3 Å². The highest BCUT2D eigenvalue weighted by Crippen LogP contribution is 2.26. The molecule has 0 saturated heterocycles. The number of nitrogens with two attached hydrogens (primary N) is 1. The van der Waals surface area contributed by atoms with E-state index >= 15 is 0 Å². The first kappa shape index (κ1) is 12.7. The second kappa shape index (κ2) is 5.27. The van der Waals surface area contributed by atoms with Crippen molar-refractivity contribution in [2.75, 3.05) is 18.5 Å². The lowest BCUT2D eigenvalue weighted by atomic mass is 10.1. The SMILES string of the molecule is Cc1cc(C)cc(N(C)C(CN)c2ccco2)c1. The predicted molar refractivity (Wildman–Crippen MR) is 74.8 cm³/mol. The Morgan fingerprint density at radius 3 is 2.39 bits per heavy atom. The number of benzene rings is 1. The molecular formula is C15H20N2O. The number of aryl methyl sites for hydroxylation is 2. The van der Waals surface area contributed by atoms with Crippen LogP contribution >= 0.6 is 0 Å². The van der Waals surface area contributed by atoms with Gasteiger partial charge in [-0.05, 0) is 49.2 Å². The van der Waals surface area contributed by atoms with E-state index in [0.717, 1.165) is 5.76 Å². The van der Waals surface area contributed by atoms with Crippen molar-refractivity contribution >= 4 is 5.69 Å². The van der Waals surface area contributed by atoms with Gasteiger partial charge in [-0.25, -0.2) is 0 Å². The summed E-state index contributed by atoms with van der Waals surface area (Å²) in [6.45, 7) is 4.74. The van der Waals surface area contributed by atoms with Crippen LogP contribution in [0.15, 0.2) is 41.0 Å². The molecule has 0 aliphatic carbocycles. The Balaban J connectivity index is 2.31. The average Bonchev–Trinajstić information content (AvgIpc) is 2.82. The highest BCUT2D eigenvalue weighted by molar-refractivity contribution is 5.51. The summed E-state index contributed by atoms with van der Waals surface area (Å²) >= 11 is 0. The first-order chi connectivity index (χ1) is 8.61. The van der Waals surface area contributed by atoms with E-state index in [9.17, 15) is 0 Å². The number of hydrogen-bond acceptors (Lipinski definition) is 3. The molecule has 0 aliphatic rings. The van der Waals surface area contributed by atoms with Gasteiger partial charge < -0.3 is 15.1 Å². The third kappa shape index (κ3) is 2.57. The van der Waals surface area contributed by atoms with Gasteiger partial charge >= 0.3 is 0 Å². The van der Waals surface area contributed by atoms with Crippen molar-refractivity contribution in [2.24, 2.45) is 5.73 Å². The summed E-state index contributed by atoms with van der Waals surface area (Å²) in [6, 6.07) is 10.4. The Hall–Kier alpha value is -1.74. The fourth-order valence-corrected chi connectivity index (χ4v) is 2.28. The number of nitrogens with zero attached hydrogens (tertiary/aromatic N) is 1. The summed E-state index contributed by atoms with van der Waals surface area (Å²) in [5, 5.41) is 0. The lowest BCUT2D eigenvalue weighted by Gasteiger charge is -2.28. The molecule has 1 aromatic carbocycles. The molecule has 2 N–H and O–H groups in total. The Labute approximate surface area is 108 Å². The van der Waals surface area contributed by atoms with E-state index in [1.807, 2.05) is 19.2 Å². The Morgan fingerprint density at radius 2 is 1.89 bits per heavy atom. The van der Waals surface area contributed by atoms with Gasteiger partial charge in [-0.15, -0.1) is 0 Å². The summed E-state index contributed by atoms with van der Waals surface area (Å²) in [6.07, 6.45) is 1.69. The lowest BCUT2D eigenvalue weighted by molar-refractivity contribution is 0.460. The van der Waals surface area contributed by atoms with Crippen LogP contribution in [-0.2, 0) is 0 Å². The maximum Gasteiger partial charge on any atom is 0.127 e. The zero-order valence-corrected chi connectivity index (χ0v) is 11.2. The Kier molecular flexibility index (Phi) is 3.72. The van der Waals surface area contributed by atoms with Crippen molar-refractivity contribution in [3.05, 3.63) is 53.5 Å². The number of likely N-dealkylation sites (N-methyl/N-ethyl adjacent to an activating group) is 1. The van der Waals surface area contributed by atoms with Crippen LogP contribution in [0.25, 0.3) is 0 Å². The van der Waals surface area contributed by atoms with E-state index < -0.39 is 0 Å². The van der Waals surface area contributed by atoms with Gasteiger partial charge in [0.15, 0.2) is 0 Å². The molecule has 0 saturated carbocycles. The molecular weight excluding hydrogens is 224 g/mol. The average molecular weight is 244 g/mol. The Morgan fingerprint density at radius 1 is 1.22 bits per heavy atom. The standard InChI is InChI=1S/C15H20N2O/c1-11-7-12(2)9-13(8-11)17(3)14(10-16)15-5-4-6-18-15/h4-9,14H,10,16H2,1-3H3.